The maximum Gasteiger partial charge on any atom is 0.199 e. The van der Waals surface area contributed by atoms with Gasteiger partial charge in [-0.25, -0.2) is 8.78 Å². The van der Waals surface area contributed by atoms with Crippen LogP contribution >= 0.6 is 12.4 Å². The number of rotatable bonds is 4. The SMILES string of the molecule is Cl.Nc1n[nH]c(-c2ccc(F)cc2F)c1C(=O)c1cccc(-c2cccnc2)c1. The van der Waals surface area contributed by atoms with Gasteiger partial charge in [-0.1, -0.05) is 24.3 Å². The highest BCUT2D eigenvalue weighted by Crippen LogP contribution is 2.30. The number of halogens is 3. The molecule has 0 aliphatic rings. The van der Waals surface area contributed by atoms with Crippen molar-refractivity contribution in [1.29, 1.82) is 0 Å². The van der Waals surface area contributed by atoms with E-state index in [4.69, 9.17) is 5.73 Å². The number of nitrogens with one attached hydrogen (secondary N) is 1. The number of carbonyl (C=O) groups is 1. The van der Waals surface area contributed by atoms with Crippen LogP contribution in [0.1, 0.15) is 15.9 Å². The van der Waals surface area contributed by atoms with Crippen LogP contribution in [0.25, 0.3) is 22.4 Å². The van der Waals surface area contributed by atoms with Crippen LogP contribution in [0.15, 0.2) is 67.0 Å². The third kappa shape index (κ3) is 3.86. The highest BCUT2D eigenvalue weighted by atomic mass is 35.5. The molecule has 2 aromatic carbocycles. The first-order valence-electron chi connectivity index (χ1n) is 8.39. The summed E-state index contributed by atoms with van der Waals surface area (Å²) in [4.78, 5) is 17.2. The first-order chi connectivity index (χ1) is 13.5. The lowest BCUT2D eigenvalue weighted by Gasteiger charge is -2.07. The molecule has 4 rings (SSSR count). The van der Waals surface area contributed by atoms with Crippen molar-refractivity contribution in [3.63, 3.8) is 0 Å². The number of hydrogen-bond donors (Lipinski definition) is 2. The number of nitrogens with zero attached hydrogens (tertiary/aromatic N) is 2. The first kappa shape index (κ1) is 20.2. The van der Waals surface area contributed by atoms with Gasteiger partial charge in [-0.15, -0.1) is 12.4 Å². The minimum absolute atomic E-state index is 0. The lowest BCUT2D eigenvalue weighted by molar-refractivity contribution is 0.104. The van der Waals surface area contributed by atoms with E-state index in [0.717, 1.165) is 23.3 Å². The number of aromatic nitrogens is 3. The highest BCUT2D eigenvalue weighted by molar-refractivity contribution is 6.15. The van der Waals surface area contributed by atoms with E-state index < -0.39 is 17.4 Å². The second-order valence-corrected chi connectivity index (χ2v) is 6.13. The summed E-state index contributed by atoms with van der Waals surface area (Å²) in [5, 5.41) is 6.42. The van der Waals surface area contributed by atoms with Gasteiger partial charge in [0.25, 0.3) is 0 Å². The molecule has 0 bridgehead atoms. The van der Waals surface area contributed by atoms with Crippen LogP contribution in [-0.4, -0.2) is 21.0 Å². The van der Waals surface area contributed by atoms with Crippen molar-refractivity contribution in [2.45, 2.75) is 0 Å². The Bertz CT molecular complexity index is 1180. The van der Waals surface area contributed by atoms with Crippen molar-refractivity contribution in [1.82, 2.24) is 15.2 Å². The van der Waals surface area contributed by atoms with E-state index in [2.05, 4.69) is 15.2 Å². The maximum absolute atomic E-state index is 14.2. The molecule has 0 aliphatic carbocycles. The number of anilines is 1. The predicted octanol–water partition coefficient (Wildman–Crippen LogP) is 4.65. The van der Waals surface area contributed by atoms with Crippen LogP contribution in [-0.2, 0) is 0 Å². The molecule has 3 N–H and O–H groups in total. The molecule has 0 aliphatic heterocycles. The number of nitrogen functional groups attached to an aromatic ring is 1. The molecule has 5 nitrogen and oxygen atoms in total. The van der Waals surface area contributed by atoms with Gasteiger partial charge in [0.2, 0.25) is 0 Å². The molecule has 0 spiro atoms. The highest BCUT2D eigenvalue weighted by Gasteiger charge is 2.23. The van der Waals surface area contributed by atoms with Crippen molar-refractivity contribution in [2.24, 2.45) is 0 Å². The number of aromatic amines is 1. The summed E-state index contributed by atoms with van der Waals surface area (Å²) >= 11 is 0. The Labute approximate surface area is 171 Å². The van der Waals surface area contributed by atoms with Gasteiger partial charge in [-0.2, -0.15) is 5.10 Å². The lowest BCUT2D eigenvalue weighted by Crippen LogP contribution is -2.06. The van der Waals surface area contributed by atoms with Gasteiger partial charge in [-0.05, 0) is 29.8 Å². The number of pyridine rings is 1. The monoisotopic (exact) mass is 412 g/mol. The third-order valence-electron chi connectivity index (χ3n) is 4.34. The average Bonchev–Trinajstić information content (AvgIpc) is 3.09. The summed E-state index contributed by atoms with van der Waals surface area (Å²) in [6.07, 6.45) is 3.35. The molecular formula is C21H15ClF2N4O. The molecule has 0 unspecified atom stereocenters. The van der Waals surface area contributed by atoms with Gasteiger partial charge < -0.3 is 5.73 Å². The summed E-state index contributed by atoms with van der Waals surface area (Å²) in [5.74, 6) is -2.01. The molecule has 0 amide bonds. The Kier molecular flexibility index (Phi) is 5.70. The summed E-state index contributed by atoms with van der Waals surface area (Å²) < 4.78 is 27.5. The molecule has 4 aromatic rings. The zero-order chi connectivity index (χ0) is 19.7. The minimum atomic E-state index is -0.818. The molecule has 0 saturated heterocycles. The van der Waals surface area contributed by atoms with Crippen LogP contribution in [0.5, 0.6) is 0 Å². The Hall–Kier alpha value is -3.58. The number of hydrogen-bond acceptors (Lipinski definition) is 4. The molecule has 29 heavy (non-hydrogen) atoms. The molecular weight excluding hydrogens is 398 g/mol. The quantitative estimate of drug-likeness (QED) is 0.478. The average molecular weight is 413 g/mol. The molecule has 2 aromatic heterocycles. The lowest BCUT2D eigenvalue weighted by atomic mass is 9.96. The molecule has 8 heteroatoms. The number of benzene rings is 2. The Morgan fingerprint density at radius 2 is 1.79 bits per heavy atom. The molecule has 0 atom stereocenters. The normalized spacial score (nSPS) is 10.4. The first-order valence-corrected chi connectivity index (χ1v) is 8.39. The van der Waals surface area contributed by atoms with Crippen LogP contribution in [0.4, 0.5) is 14.6 Å². The predicted molar refractivity (Wildman–Crippen MR) is 109 cm³/mol. The van der Waals surface area contributed by atoms with Crippen molar-refractivity contribution in [2.75, 3.05) is 5.73 Å². The second kappa shape index (κ2) is 8.20. The largest absolute Gasteiger partial charge is 0.382 e. The van der Waals surface area contributed by atoms with Crippen molar-refractivity contribution in [3.8, 4) is 22.4 Å². The molecule has 146 valence electrons. The van der Waals surface area contributed by atoms with E-state index in [1.165, 1.54) is 6.07 Å². The fourth-order valence-electron chi connectivity index (χ4n) is 2.99. The van der Waals surface area contributed by atoms with Gasteiger partial charge in [0.15, 0.2) is 11.6 Å². The summed E-state index contributed by atoms with van der Waals surface area (Å²) in [7, 11) is 0. The van der Waals surface area contributed by atoms with Crippen LogP contribution < -0.4 is 5.73 Å². The molecule has 0 saturated carbocycles. The van der Waals surface area contributed by atoms with E-state index >= 15 is 0 Å². The van der Waals surface area contributed by atoms with E-state index in [-0.39, 0.29) is 35.0 Å². The standard InChI is InChI=1S/C21H14F2N4O.ClH/c22-15-6-7-16(17(23)10-15)19-18(21(24)27-26-19)20(28)13-4-1-3-12(9-13)14-5-2-8-25-11-14;/h1-11H,(H3,24,26,27);1H. The smallest absolute Gasteiger partial charge is 0.199 e. The van der Waals surface area contributed by atoms with Crippen LogP contribution in [0.3, 0.4) is 0 Å². The molecule has 0 fully saturated rings. The van der Waals surface area contributed by atoms with Crippen molar-refractivity contribution in [3.05, 3.63) is 89.8 Å². The number of nitrogens with two attached hydrogens (primary N) is 1. The third-order valence-corrected chi connectivity index (χ3v) is 4.34. The van der Waals surface area contributed by atoms with E-state index in [9.17, 15) is 13.6 Å². The zero-order valence-electron chi connectivity index (χ0n) is 14.9. The van der Waals surface area contributed by atoms with Gasteiger partial charge in [0.1, 0.15) is 11.6 Å². The van der Waals surface area contributed by atoms with Crippen molar-refractivity contribution >= 4 is 24.0 Å². The van der Waals surface area contributed by atoms with Gasteiger partial charge in [0.05, 0.1) is 11.3 Å². The van der Waals surface area contributed by atoms with Crippen molar-refractivity contribution < 1.29 is 13.6 Å². The number of carbonyl (C=O) groups excluding carboxylic acids is 1. The minimum Gasteiger partial charge on any atom is -0.382 e. The second-order valence-electron chi connectivity index (χ2n) is 6.13. The van der Waals surface area contributed by atoms with E-state index in [0.29, 0.717) is 5.56 Å². The molecule has 0 radical (unpaired) electrons. The Morgan fingerprint density at radius 3 is 2.52 bits per heavy atom. The zero-order valence-corrected chi connectivity index (χ0v) is 15.7. The fourth-order valence-corrected chi connectivity index (χ4v) is 2.99. The summed E-state index contributed by atoms with van der Waals surface area (Å²) in [5.41, 5.74) is 8.04. The van der Waals surface area contributed by atoms with Gasteiger partial charge in [0, 0.05) is 35.2 Å². The van der Waals surface area contributed by atoms with Gasteiger partial charge >= 0.3 is 0 Å². The number of H-pyrrole nitrogens is 1. The van der Waals surface area contributed by atoms with Gasteiger partial charge in [-0.3, -0.25) is 14.9 Å². The van der Waals surface area contributed by atoms with E-state index in [1.807, 2.05) is 12.1 Å². The number of ketones is 1. The Balaban J connectivity index is 0.00000240. The topological polar surface area (TPSA) is 84.7 Å². The summed E-state index contributed by atoms with van der Waals surface area (Å²) in [6, 6.07) is 13.7. The summed E-state index contributed by atoms with van der Waals surface area (Å²) in [6.45, 7) is 0. The molecule has 2 heterocycles. The maximum atomic E-state index is 14.2. The Morgan fingerprint density at radius 1 is 1.00 bits per heavy atom. The van der Waals surface area contributed by atoms with Crippen LogP contribution in [0.2, 0.25) is 0 Å². The van der Waals surface area contributed by atoms with Crippen LogP contribution in [0, 0.1) is 11.6 Å². The fraction of sp³-hybridized carbons (Fsp3) is 0. The van der Waals surface area contributed by atoms with E-state index in [1.54, 1.807) is 36.7 Å².